The smallest absolute Gasteiger partial charge is 0.332 e. The number of rotatable bonds is 20. The minimum atomic E-state index is -1.55. The van der Waals surface area contributed by atoms with E-state index in [-0.39, 0.29) is 37.0 Å². The lowest BCUT2D eigenvalue weighted by atomic mass is 9.68. The largest absolute Gasteiger partial charge is 0.479 e. The summed E-state index contributed by atoms with van der Waals surface area (Å²) in [5.41, 5.74) is 2.33. The first-order valence-electron chi connectivity index (χ1n) is 27.7. The molecule has 2 aliphatic carbocycles. The van der Waals surface area contributed by atoms with E-state index in [1.807, 2.05) is 6.92 Å². The standard InChI is InChI=1S/C53H90BrN7O13/c1-4-36-26-38(51(68)59-20-19-58-29-35-12-13-37(40(54)24-35)30-61-22-9-16-56-18-17-55-14-8-15-57-21-23-61)27-41(39(36)28-42-47(65)49(67)46(64)32(2)71-42)73-53-45(60-33(3)63)50(48(66)44(31-62)74-53)72-43(52(69)70)25-34-10-6-5-7-11-34/h12-13,24,32,34,36,38-39,41-50,53,55-58,62,64-67H,4-11,14-23,25-31H2,1-3H3,(H,59,68)(H,60,63)(H,69,70)/t32?,36?,38?,39?,41?,42?,43-,44?,45?,46?,47?,48?,49?,50?,53?/m0/s1. The van der Waals surface area contributed by atoms with Crippen molar-refractivity contribution in [2.45, 2.75) is 184 Å². The lowest BCUT2D eigenvalue weighted by Gasteiger charge is -2.49. The van der Waals surface area contributed by atoms with Gasteiger partial charge in [-0.15, -0.1) is 0 Å². The molecule has 0 radical (unpaired) electrons. The third kappa shape index (κ3) is 18.1. The number of carbonyl (C=O) groups excluding carboxylic acids is 2. The van der Waals surface area contributed by atoms with Crippen LogP contribution in [0, 0.1) is 23.7 Å². The number of carboxylic acids is 1. The quantitative estimate of drug-likeness (QED) is 0.0815. The van der Waals surface area contributed by atoms with Crippen molar-refractivity contribution in [1.29, 1.82) is 0 Å². The van der Waals surface area contributed by atoms with Crippen molar-refractivity contribution in [3.8, 4) is 0 Å². The van der Waals surface area contributed by atoms with Crippen LogP contribution in [0.15, 0.2) is 22.7 Å². The molecule has 2 saturated carbocycles. The van der Waals surface area contributed by atoms with E-state index < -0.39 is 104 Å². The highest BCUT2D eigenvalue weighted by Crippen LogP contribution is 2.44. The molecule has 1 aromatic carbocycles. The molecular formula is C53H90BrN7O13. The van der Waals surface area contributed by atoms with Gasteiger partial charge >= 0.3 is 5.97 Å². The van der Waals surface area contributed by atoms with E-state index in [1.165, 1.54) is 12.5 Å². The van der Waals surface area contributed by atoms with Crippen molar-refractivity contribution in [3.05, 3.63) is 33.8 Å². The fraction of sp³-hybridized carbons (Fsp3) is 0.830. The van der Waals surface area contributed by atoms with Crippen molar-refractivity contribution in [2.75, 3.05) is 72.1 Å². The van der Waals surface area contributed by atoms with Gasteiger partial charge in [-0.25, -0.2) is 4.79 Å². The van der Waals surface area contributed by atoms with Gasteiger partial charge in [0.05, 0.1) is 24.9 Å². The number of nitrogens with zero attached hydrogens (tertiary/aromatic N) is 1. The molecular weight excluding hydrogens is 1020 g/mol. The van der Waals surface area contributed by atoms with Crippen LogP contribution in [0.3, 0.4) is 0 Å². The summed E-state index contributed by atoms with van der Waals surface area (Å²) in [5.74, 6) is -2.93. The molecule has 3 heterocycles. The molecule has 15 atom stereocenters. The fourth-order valence-corrected chi connectivity index (χ4v) is 12.3. The van der Waals surface area contributed by atoms with E-state index in [4.69, 9.17) is 18.9 Å². The number of hydrogen-bond acceptors (Lipinski definition) is 17. The van der Waals surface area contributed by atoms with Crippen LogP contribution in [-0.4, -0.2) is 199 Å². The molecule has 12 N–H and O–H groups in total. The van der Waals surface area contributed by atoms with E-state index in [0.29, 0.717) is 32.5 Å². The monoisotopic (exact) mass is 1110 g/mol. The second-order valence-electron chi connectivity index (χ2n) is 21.5. The Morgan fingerprint density at radius 2 is 1.59 bits per heavy atom. The fourth-order valence-electron chi connectivity index (χ4n) is 11.8. The third-order valence-corrected chi connectivity index (χ3v) is 16.7. The van der Waals surface area contributed by atoms with Crippen molar-refractivity contribution in [3.63, 3.8) is 0 Å². The number of nitrogens with one attached hydrogen (secondary N) is 6. The maximum Gasteiger partial charge on any atom is 0.332 e. The topological polar surface area (TPSA) is 285 Å². The van der Waals surface area contributed by atoms with Crippen LogP contribution in [0.4, 0.5) is 0 Å². The van der Waals surface area contributed by atoms with Crippen LogP contribution >= 0.6 is 15.9 Å². The summed E-state index contributed by atoms with van der Waals surface area (Å²) in [4.78, 5) is 42.3. The lowest BCUT2D eigenvalue weighted by molar-refractivity contribution is -0.302. The Labute approximate surface area is 446 Å². The van der Waals surface area contributed by atoms with Gasteiger partial charge in [0, 0.05) is 69.7 Å². The second kappa shape index (κ2) is 31.2. The molecule has 0 aromatic heterocycles. The number of carboxylic acid groups (broad SMARTS) is 1. The molecule has 422 valence electrons. The SMILES string of the molecule is CCC1CC(C(=O)NCCNCc2ccc(CN3CCCNCCNCCCNCC3)c(Br)c2)CC(OC2OC(CO)C(O)C(O[C@@H](CC3CCCCC3)C(=O)O)C2NC(C)=O)C1CC1OC(C)C(O)C(O)C1O. The molecule has 5 fully saturated rings. The summed E-state index contributed by atoms with van der Waals surface area (Å²) >= 11 is 3.84. The number of carbonyl (C=O) groups is 3. The van der Waals surface area contributed by atoms with Gasteiger partial charge in [-0.2, -0.15) is 0 Å². The van der Waals surface area contributed by atoms with E-state index in [9.17, 15) is 45.0 Å². The first kappa shape index (κ1) is 60.8. The van der Waals surface area contributed by atoms with E-state index in [0.717, 1.165) is 114 Å². The first-order chi connectivity index (χ1) is 35.7. The van der Waals surface area contributed by atoms with Gasteiger partial charge in [-0.05, 0) is 107 Å². The maximum atomic E-state index is 14.2. The Balaban J connectivity index is 1.12. The van der Waals surface area contributed by atoms with Crippen molar-refractivity contribution < 1.29 is 64.0 Å². The van der Waals surface area contributed by atoms with Crippen LogP contribution < -0.4 is 31.9 Å². The number of halogens is 1. The molecule has 21 heteroatoms. The van der Waals surface area contributed by atoms with Crippen LogP contribution in [0.25, 0.3) is 0 Å². The molecule has 6 rings (SSSR count). The molecule has 20 nitrogen and oxygen atoms in total. The normalized spacial score (nSPS) is 34.0. The number of aliphatic carboxylic acids is 1. The van der Waals surface area contributed by atoms with Crippen LogP contribution in [0.5, 0.6) is 0 Å². The number of hydrogen-bond donors (Lipinski definition) is 12. The number of aliphatic hydroxyl groups excluding tert-OH is 5. The summed E-state index contributed by atoms with van der Waals surface area (Å²) in [7, 11) is 0. The van der Waals surface area contributed by atoms with Crippen molar-refractivity contribution in [1.82, 2.24) is 36.8 Å². The second-order valence-corrected chi connectivity index (χ2v) is 22.4. The van der Waals surface area contributed by atoms with E-state index in [1.54, 1.807) is 6.92 Å². The van der Waals surface area contributed by atoms with Gasteiger partial charge in [-0.3, -0.25) is 14.5 Å². The summed E-state index contributed by atoms with van der Waals surface area (Å²) in [6, 6.07) is 5.23. The summed E-state index contributed by atoms with van der Waals surface area (Å²) in [6.45, 7) is 14.4. The van der Waals surface area contributed by atoms with Crippen LogP contribution in [0.2, 0.25) is 0 Å². The Morgan fingerprint density at radius 1 is 0.865 bits per heavy atom. The highest BCUT2D eigenvalue weighted by Gasteiger charge is 2.52. The molecule has 5 aliphatic rings. The average Bonchev–Trinajstić information content (AvgIpc) is 3.38. The van der Waals surface area contributed by atoms with Gasteiger partial charge in [0.1, 0.15) is 42.7 Å². The predicted octanol–water partition coefficient (Wildman–Crippen LogP) is 1.11. The molecule has 3 saturated heterocycles. The van der Waals surface area contributed by atoms with Gasteiger partial charge in [0.2, 0.25) is 11.8 Å². The Morgan fingerprint density at radius 3 is 2.28 bits per heavy atom. The number of benzene rings is 1. The highest BCUT2D eigenvalue weighted by atomic mass is 79.9. The molecule has 0 spiro atoms. The highest BCUT2D eigenvalue weighted by molar-refractivity contribution is 9.10. The van der Waals surface area contributed by atoms with Gasteiger partial charge < -0.3 is 81.5 Å². The molecule has 74 heavy (non-hydrogen) atoms. The van der Waals surface area contributed by atoms with Crippen molar-refractivity contribution in [2.24, 2.45) is 23.7 Å². The van der Waals surface area contributed by atoms with Crippen LogP contribution in [0.1, 0.15) is 109 Å². The van der Waals surface area contributed by atoms with Gasteiger partial charge in [0.15, 0.2) is 12.4 Å². The van der Waals surface area contributed by atoms with Crippen LogP contribution in [-0.2, 0) is 46.4 Å². The molecule has 2 amide bonds. The molecule has 1 aromatic rings. The molecule has 14 unspecified atom stereocenters. The lowest BCUT2D eigenvalue weighted by Crippen LogP contribution is -2.67. The minimum absolute atomic E-state index is 0.104. The van der Waals surface area contributed by atoms with E-state index >= 15 is 0 Å². The zero-order chi connectivity index (χ0) is 53.1. The molecule has 3 aliphatic heterocycles. The number of aliphatic hydroxyl groups is 5. The summed E-state index contributed by atoms with van der Waals surface area (Å²) in [5, 5.41) is 84.9. The Kier molecular flexibility index (Phi) is 25.6. The summed E-state index contributed by atoms with van der Waals surface area (Å²) in [6.07, 6.45) is -5.02. The number of ether oxygens (including phenoxy) is 4. The Bertz CT molecular complexity index is 1840. The van der Waals surface area contributed by atoms with Gasteiger partial charge in [0.25, 0.3) is 0 Å². The van der Waals surface area contributed by atoms with Crippen molar-refractivity contribution >= 4 is 33.7 Å². The predicted molar refractivity (Wildman–Crippen MR) is 281 cm³/mol. The maximum absolute atomic E-state index is 14.2. The Hall–Kier alpha value is -2.45. The minimum Gasteiger partial charge on any atom is -0.479 e. The zero-order valence-electron chi connectivity index (χ0n) is 44.0. The van der Waals surface area contributed by atoms with Gasteiger partial charge in [-0.1, -0.05) is 73.5 Å². The first-order valence-corrected chi connectivity index (χ1v) is 28.5. The molecule has 0 bridgehead atoms. The zero-order valence-corrected chi connectivity index (χ0v) is 45.6. The summed E-state index contributed by atoms with van der Waals surface area (Å²) < 4.78 is 26.5. The average molecular weight is 1110 g/mol. The third-order valence-electron chi connectivity index (χ3n) is 16.0. The van der Waals surface area contributed by atoms with E-state index in [2.05, 4.69) is 70.9 Å². The number of amides is 2.